The van der Waals surface area contributed by atoms with Crippen LogP contribution in [0.3, 0.4) is 0 Å². The Kier molecular flexibility index (Phi) is 3.80. The van der Waals surface area contributed by atoms with Gasteiger partial charge < -0.3 is 5.11 Å². The van der Waals surface area contributed by atoms with E-state index >= 15 is 0 Å². The van der Waals surface area contributed by atoms with Gasteiger partial charge in [-0.2, -0.15) is 0 Å². The molecule has 0 fully saturated rings. The highest BCUT2D eigenvalue weighted by Gasteiger charge is 2.34. The van der Waals surface area contributed by atoms with E-state index in [2.05, 4.69) is 4.98 Å². The smallest absolute Gasteiger partial charge is 0.321 e. The Balaban J connectivity index is 2.83. The Hall–Kier alpha value is -1.23. The first-order valence-corrected chi connectivity index (χ1v) is 6.20. The lowest BCUT2D eigenvalue weighted by Crippen LogP contribution is -2.37. The third kappa shape index (κ3) is 2.88. The summed E-state index contributed by atoms with van der Waals surface area (Å²) in [5.74, 6) is -0.889. The number of aromatic nitrogens is 1. The molecule has 1 unspecified atom stereocenters. The van der Waals surface area contributed by atoms with E-state index < -0.39 is 21.5 Å². The number of aliphatic carboxylic acids is 1. The Morgan fingerprint density at radius 2 is 2.12 bits per heavy atom. The first-order valence-electron chi connectivity index (χ1n) is 4.88. The quantitative estimate of drug-likeness (QED) is 0.867. The van der Waals surface area contributed by atoms with Crippen molar-refractivity contribution in [1.29, 1.82) is 0 Å². The number of carbonyl (C=O) groups is 1. The van der Waals surface area contributed by atoms with Crippen LogP contribution in [0, 0.1) is 6.92 Å². The largest absolute Gasteiger partial charge is 0.480 e. The zero-order valence-electron chi connectivity index (χ0n) is 9.56. The van der Waals surface area contributed by atoms with Crippen molar-refractivity contribution in [2.75, 3.05) is 0 Å². The second kappa shape index (κ2) is 4.74. The minimum Gasteiger partial charge on any atom is -0.480 e. The molecule has 4 nitrogen and oxygen atoms in total. The molecule has 1 N–H and O–H groups in total. The number of pyridine rings is 1. The summed E-state index contributed by atoms with van der Waals surface area (Å²) in [6.07, 6.45) is 0. The van der Waals surface area contributed by atoms with Gasteiger partial charge in [0, 0.05) is 16.5 Å². The molecule has 0 aromatic carbocycles. The van der Waals surface area contributed by atoms with Crippen LogP contribution in [0.2, 0.25) is 0 Å². The summed E-state index contributed by atoms with van der Waals surface area (Å²) in [7, 11) is -1.48. The van der Waals surface area contributed by atoms with E-state index in [-0.39, 0.29) is 5.75 Å². The maximum absolute atomic E-state index is 11.9. The fourth-order valence-corrected chi connectivity index (χ4v) is 2.08. The molecule has 88 valence electrons. The fraction of sp³-hybridized carbons (Fsp3) is 0.455. The van der Waals surface area contributed by atoms with Crippen LogP contribution < -0.4 is 0 Å². The monoisotopic (exact) mass is 241 g/mol. The summed E-state index contributed by atoms with van der Waals surface area (Å²) >= 11 is 0. The second-order valence-electron chi connectivity index (χ2n) is 4.08. The minimum absolute atomic E-state index is 0.168. The Labute approximate surface area is 97.2 Å². The summed E-state index contributed by atoms with van der Waals surface area (Å²) in [5.41, 5.74) is 1.50. The van der Waals surface area contributed by atoms with Crippen molar-refractivity contribution >= 4 is 16.8 Å². The van der Waals surface area contributed by atoms with E-state index in [1.54, 1.807) is 6.07 Å². The number of hydrogen-bond donors (Lipinski definition) is 1. The highest BCUT2D eigenvalue weighted by atomic mass is 32.2. The highest BCUT2D eigenvalue weighted by molar-refractivity contribution is 7.86. The first-order chi connectivity index (χ1) is 7.34. The molecule has 0 spiro atoms. The van der Waals surface area contributed by atoms with Gasteiger partial charge in [0.25, 0.3) is 0 Å². The Morgan fingerprint density at radius 1 is 1.50 bits per heavy atom. The van der Waals surface area contributed by atoms with Crippen molar-refractivity contribution in [1.82, 2.24) is 4.98 Å². The van der Waals surface area contributed by atoms with E-state index in [0.29, 0.717) is 5.69 Å². The predicted molar refractivity (Wildman–Crippen MR) is 62.5 cm³/mol. The molecule has 0 aliphatic heterocycles. The number of hydrogen-bond acceptors (Lipinski definition) is 3. The molecule has 1 atom stereocenters. The van der Waals surface area contributed by atoms with Crippen molar-refractivity contribution in [2.45, 2.75) is 31.3 Å². The molecule has 1 rings (SSSR count). The van der Waals surface area contributed by atoms with Gasteiger partial charge in [-0.1, -0.05) is 6.07 Å². The summed E-state index contributed by atoms with van der Waals surface area (Å²) in [6, 6.07) is 5.42. The van der Waals surface area contributed by atoms with Crippen LogP contribution >= 0.6 is 0 Å². The van der Waals surface area contributed by atoms with Gasteiger partial charge in [0.1, 0.15) is 4.75 Å². The van der Waals surface area contributed by atoms with Crippen LogP contribution in [0.1, 0.15) is 25.2 Å². The molecule has 0 aliphatic rings. The zero-order chi connectivity index (χ0) is 12.3. The van der Waals surface area contributed by atoms with Crippen molar-refractivity contribution in [3.05, 3.63) is 29.6 Å². The maximum Gasteiger partial charge on any atom is 0.321 e. The van der Waals surface area contributed by atoms with Gasteiger partial charge >= 0.3 is 5.97 Å². The minimum atomic E-state index is -1.48. The third-order valence-corrected chi connectivity index (χ3v) is 4.18. The predicted octanol–water partition coefficient (Wildman–Crippen LogP) is 1.50. The molecular formula is C11H15NO3S. The highest BCUT2D eigenvalue weighted by Crippen LogP contribution is 2.16. The molecule has 0 aliphatic carbocycles. The average Bonchev–Trinajstić information content (AvgIpc) is 2.17. The lowest BCUT2D eigenvalue weighted by molar-refractivity contribution is -0.139. The summed E-state index contributed by atoms with van der Waals surface area (Å²) in [4.78, 5) is 15.1. The zero-order valence-corrected chi connectivity index (χ0v) is 10.4. The van der Waals surface area contributed by atoms with E-state index in [9.17, 15) is 9.00 Å². The van der Waals surface area contributed by atoms with Gasteiger partial charge in [0.05, 0.1) is 11.4 Å². The first kappa shape index (κ1) is 12.8. The number of carboxylic acid groups (broad SMARTS) is 1. The van der Waals surface area contributed by atoms with Gasteiger partial charge in [-0.05, 0) is 32.9 Å². The third-order valence-electron chi connectivity index (χ3n) is 2.31. The van der Waals surface area contributed by atoms with Gasteiger partial charge in [0.15, 0.2) is 0 Å². The van der Waals surface area contributed by atoms with Crippen molar-refractivity contribution in [3.8, 4) is 0 Å². The average molecular weight is 241 g/mol. The van der Waals surface area contributed by atoms with E-state index in [1.165, 1.54) is 13.8 Å². The summed E-state index contributed by atoms with van der Waals surface area (Å²) in [6.45, 7) is 4.76. The SMILES string of the molecule is Cc1cccc(CS(=O)C(C)(C)C(=O)O)n1. The number of aryl methyl sites for hydroxylation is 1. The fourth-order valence-electron chi connectivity index (χ4n) is 1.09. The van der Waals surface area contributed by atoms with E-state index in [0.717, 1.165) is 5.69 Å². The van der Waals surface area contributed by atoms with Crippen LogP contribution in [-0.2, 0) is 21.3 Å². The van der Waals surface area contributed by atoms with Crippen LogP contribution in [-0.4, -0.2) is 25.0 Å². The summed E-state index contributed by atoms with van der Waals surface area (Å²) < 4.78 is 10.6. The molecule has 5 heteroatoms. The van der Waals surface area contributed by atoms with Crippen LogP contribution in [0.4, 0.5) is 0 Å². The molecule has 0 amide bonds. The van der Waals surface area contributed by atoms with Crippen LogP contribution in [0.15, 0.2) is 18.2 Å². The van der Waals surface area contributed by atoms with Crippen LogP contribution in [0.25, 0.3) is 0 Å². The molecule has 16 heavy (non-hydrogen) atoms. The molecule has 1 aromatic rings. The molecule has 1 aromatic heterocycles. The lowest BCUT2D eigenvalue weighted by atomic mass is 10.2. The number of nitrogens with zero attached hydrogens (tertiary/aromatic N) is 1. The second-order valence-corrected chi connectivity index (χ2v) is 6.08. The molecule has 0 radical (unpaired) electrons. The molecule has 0 bridgehead atoms. The van der Waals surface area contributed by atoms with Gasteiger partial charge in [-0.3, -0.25) is 14.0 Å². The molecule has 1 heterocycles. The Bertz CT molecular complexity index is 429. The molecule has 0 saturated carbocycles. The maximum atomic E-state index is 11.9. The van der Waals surface area contributed by atoms with Crippen molar-refractivity contribution in [3.63, 3.8) is 0 Å². The topological polar surface area (TPSA) is 67.3 Å². The summed E-state index contributed by atoms with van der Waals surface area (Å²) in [5, 5.41) is 8.93. The standard InChI is InChI=1S/C11H15NO3S/c1-8-5-4-6-9(12-8)7-16(15)11(2,3)10(13)14/h4-6H,7H2,1-3H3,(H,13,14). The number of carboxylic acids is 1. The van der Waals surface area contributed by atoms with Crippen molar-refractivity contribution in [2.24, 2.45) is 0 Å². The lowest BCUT2D eigenvalue weighted by Gasteiger charge is -2.18. The molecule has 0 saturated heterocycles. The van der Waals surface area contributed by atoms with Gasteiger partial charge in [-0.25, -0.2) is 0 Å². The van der Waals surface area contributed by atoms with Gasteiger partial charge in [0.2, 0.25) is 0 Å². The van der Waals surface area contributed by atoms with E-state index in [1.807, 2.05) is 19.1 Å². The van der Waals surface area contributed by atoms with Gasteiger partial charge in [-0.15, -0.1) is 0 Å². The van der Waals surface area contributed by atoms with Crippen molar-refractivity contribution < 1.29 is 14.1 Å². The number of rotatable bonds is 4. The van der Waals surface area contributed by atoms with E-state index in [4.69, 9.17) is 5.11 Å². The molecular weight excluding hydrogens is 226 g/mol. The van der Waals surface area contributed by atoms with Crippen LogP contribution in [0.5, 0.6) is 0 Å². The Morgan fingerprint density at radius 3 is 2.62 bits per heavy atom. The normalized spacial score (nSPS) is 13.4.